The molecule has 1 aromatic heterocycles. The van der Waals surface area contributed by atoms with Crippen LogP contribution in [-0.4, -0.2) is 46.7 Å². The number of anilines is 1. The first-order valence-electron chi connectivity index (χ1n) is 13.5. The Balaban J connectivity index is 1.86. The van der Waals surface area contributed by atoms with Gasteiger partial charge in [-0.3, -0.25) is 19.0 Å². The van der Waals surface area contributed by atoms with Gasteiger partial charge >= 0.3 is 5.97 Å². The summed E-state index contributed by atoms with van der Waals surface area (Å²) in [5.74, 6) is -6.58. The van der Waals surface area contributed by atoms with Crippen molar-refractivity contribution in [3.63, 3.8) is 0 Å². The number of carbonyl (C=O) groups excluding carboxylic acids is 2. The number of halogens is 4. The zero-order chi connectivity index (χ0) is 32.3. The van der Waals surface area contributed by atoms with Gasteiger partial charge in [-0.05, 0) is 83.9 Å². The third-order valence-electron chi connectivity index (χ3n) is 6.03. The molecule has 8 nitrogen and oxygen atoms in total. The molecule has 3 N–H and O–H groups in total. The van der Waals surface area contributed by atoms with Gasteiger partial charge in [-0.1, -0.05) is 0 Å². The van der Waals surface area contributed by atoms with Crippen LogP contribution in [0.1, 0.15) is 63.0 Å². The number of carbonyl (C=O) groups is 2. The van der Waals surface area contributed by atoms with Crippen LogP contribution in [0.25, 0.3) is 5.69 Å². The molecule has 12 heteroatoms. The molecule has 0 aliphatic carbocycles. The lowest BCUT2D eigenvalue weighted by Gasteiger charge is -2.27. The first kappa shape index (κ1) is 33.5. The fourth-order valence-corrected chi connectivity index (χ4v) is 4.08. The summed E-state index contributed by atoms with van der Waals surface area (Å²) in [5.41, 5.74) is 2.19. The molecule has 0 spiro atoms. The van der Waals surface area contributed by atoms with Gasteiger partial charge in [0.15, 0.2) is 17.4 Å². The number of ketones is 1. The maximum atomic E-state index is 15.3. The van der Waals surface area contributed by atoms with Crippen molar-refractivity contribution in [2.45, 2.75) is 65.2 Å². The second-order valence-corrected chi connectivity index (χ2v) is 11.9. The highest BCUT2D eigenvalue weighted by Crippen LogP contribution is 2.25. The van der Waals surface area contributed by atoms with E-state index in [9.17, 15) is 23.2 Å². The normalized spacial score (nSPS) is 12.7. The molecule has 43 heavy (non-hydrogen) atoms. The van der Waals surface area contributed by atoms with Crippen molar-refractivity contribution < 1.29 is 36.6 Å². The first-order valence-corrected chi connectivity index (χ1v) is 13.5. The number of benzene rings is 2. The fourth-order valence-electron chi connectivity index (χ4n) is 4.08. The highest BCUT2D eigenvalue weighted by molar-refractivity contribution is 6.11. The largest absolute Gasteiger partial charge is 0.459 e. The Kier molecular flexibility index (Phi) is 10.2. The molecule has 3 aromatic rings. The van der Waals surface area contributed by atoms with Crippen LogP contribution in [0.4, 0.5) is 23.4 Å². The van der Waals surface area contributed by atoms with Gasteiger partial charge in [-0.25, -0.2) is 17.6 Å². The lowest BCUT2D eigenvalue weighted by Crippen LogP contribution is -2.46. The van der Waals surface area contributed by atoms with Crippen molar-refractivity contribution in [1.82, 2.24) is 9.88 Å². The second-order valence-electron chi connectivity index (χ2n) is 11.9. The van der Waals surface area contributed by atoms with Crippen LogP contribution in [0.3, 0.4) is 0 Å². The highest BCUT2D eigenvalue weighted by Gasteiger charge is 2.27. The molecule has 0 amide bonds. The molecule has 1 atom stereocenters. The van der Waals surface area contributed by atoms with E-state index < -0.39 is 80.5 Å². The number of hydrogen-bond acceptors (Lipinski definition) is 7. The minimum atomic E-state index is -1.17. The lowest BCUT2D eigenvalue weighted by molar-refractivity contribution is -0.160. The molecular weight excluding hydrogens is 570 g/mol. The SMILES string of the molecule is CC(C)(C)OC[C@H](NCCc1cc(F)c(-n2c(N)c(C(=O)c3ccc(F)cc3F)ccc2=O)c(F)c1)C(=O)OC(C)(C)C. The Hall–Kier alpha value is -4.03. The molecule has 1 heterocycles. The Morgan fingerprint density at radius 2 is 1.49 bits per heavy atom. The molecule has 232 valence electrons. The number of nitrogens with two attached hydrogens (primary N) is 1. The number of rotatable bonds is 10. The number of pyridine rings is 1. The van der Waals surface area contributed by atoms with Gasteiger partial charge < -0.3 is 20.5 Å². The van der Waals surface area contributed by atoms with E-state index in [-0.39, 0.29) is 25.1 Å². The molecule has 3 rings (SSSR count). The van der Waals surface area contributed by atoms with Crippen LogP contribution in [0.15, 0.2) is 47.3 Å². The lowest BCUT2D eigenvalue weighted by atomic mass is 10.0. The molecule has 0 saturated carbocycles. The summed E-state index contributed by atoms with van der Waals surface area (Å²) in [6, 6.07) is 5.26. The van der Waals surface area contributed by atoms with Gasteiger partial charge in [-0.15, -0.1) is 0 Å². The summed E-state index contributed by atoms with van der Waals surface area (Å²) in [7, 11) is 0. The van der Waals surface area contributed by atoms with Crippen molar-refractivity contribution in [2.24, 2.45) is 0 Å². The van der Waals surface area contributed by atoms with Crippen LogP contribution in [-0.2, 0) is 20.7 Å². The van der Waals surface area contributed by atoms with Crippen LogP contribution in [0, 0.1) is 23.3 Å². The molecule has 0 aliphatic heterocycles. The summed E-state index contributed by atoms with van der Waals surface area (Å²) in [5, 5.41) is 3.00. The summed E-state index contributed by atoms with van der Waals surface area (Å²) in [6.45, 7) is 10.8. The van der Waals surface area contributed by atoms with E-state index in [1.54, 1.807) is 20.8 Å². The van der Waals surface area contributed by atoms with Crippen molar-refractivity contribution in [1.29, 1.82) is 0 Å². The fraction of sp³-hybridized carbons (Fsp3) is 0.387. The number of nitrogens with zero attached hydrogens (tertiary/aromatic N) is 1. The standard InChI is InChI=1S/C31H35F4N3O5/c1-30(2,3)42-16-24(29(41)43-31(4,5)6)37-12-11-17-13-22(34)26(23(35)14-17)38-25(39)10-9-20(28(38)36)27(40)19-8-7-18(32)15-21(19)33/h7-10,13-15,24,37H,11-12,16,36H2,1-6H3/t24-/m0/s1. The third kappa shape index (κ3) is 8.74. The van der Waals surface area contributed by atoms with E-state index in [4.69, 9.17) is 15.2 Å². The van der Waals surface area contributed by atoms with Crippen LogP contribution < -0.4 is 16.6 Å². The van der Waals surface area contributed by atoms with Crippen LogP contribution >= 0.6 is 0 Å². The van der Waals surface area contributed by atoms with E-state index in [0.29, 0.717) is 10.6 Å². The van der Waals surface area contributed by atoms with Crippen LogP contribution in [0.5, 0.6) is 0 Å². The van der Waals surface area contributed by atoms with Crippen molar-refractivity contribution >= 4 is 17.6 Å². The average Bonchev–Trinajstić information content (AvgIpc) is 2.85. The van der Waals surface area contributed by atoms with Crippen molar-refractivity contribution in [2.75, 3.05) is 18.9 Å². The number of nitrogens with one attached hydrogen (secondary N) is 1. The summed E-state index contributed by atoms with van der Waals surface area (Å²) >= 11 is 0. The molecule has 0 saturated heterocycles. The van der Waals surface area contributed by atoms with E-state index in [1.165, 1.54) is 0 Å². The number of ether oxygens (including phenoxy) is 2. The molecule has 0 unspecified atom stereocenters. The van der Waals surface area contributed by atoms with Crippen molar-refractivity contribution in [3.8, 4) is 5.69 Å². The Labute approximate surface area is 246 Å². The molecule has 0 fully saturated rings. The predicted molar refractivity (Wildman–Crippen MR) is 153 cm³/mol. The first-order chi connectivity index (χ1) is 19.9. The Bertz CT molecular complexity index is 1550. The maximum absolute atomic E-state index is 15.3. The van der Waals surface area contributed by atoms with Gasteiger partial charge in [0.1, 0.15) is 34.8 Å². The van der Waals surface area contributed by atoms with Crippen LogP contribution in [0.2, 0.25) is 0 Å². The van der Waals surface area contributed by atoms with Crippen molar-refractivity contribution in [3.05, 3.63) is 92.8 Å². The summed E-state index contributed by atoms with van der Waals surface area (Å²) in [6.07, 6.45) is 0.0791. The minimum Gasteiger partial charge on any atom is -0.459 e. The van der Waals surface area contributed by atoms with Gasteiger partial charge in [-0.2, -0.15) is 0 Å². The second kappa shape index (κ2) is 13.1. The predicted octanol–water partition coefficient (Wildman–Crippen LogP) is 4.86. The molecular formula is C31H35F4N3O5. The number of nitrogen functional groups attached to an aromatic ring is 1. The molecule has 0 radical (unpaired) electrons. The van der Waals surface area contributed by atoms with Gasteiger partial charge in [0.25, 0.3) is 5.56 Å². The molecule has 0 bridgehead atoms. The zero-order valence-corrected chi connectivity index (χ0v) is 24.8. The average molecular weight is 606 g/mol. The minimum absolute atomic E-state index is 0.000844. The van der Waals surface area contributed by atoms with E-state index in [0.717, 1.165) is 36.4 Å². The molecule has 0 aliphatic rings. The van der Waals surface area contributed by atoms with E-state index >= 15 is 8.78 Å². The highest BCUT2D eigenvalue weighted by atomic mass is 19.1. The van der Waals surface area contributed by atoms with Gasteiger partial charge in [0.05, 0.1) is 23.3 Å². The van der Waals surface area contributed by atoms with E-state index in [2.05, 4.69) is 5.32 Å². The summed E-state index contributed by atoms with van der Waals surface area (Å²) in [4.78, 5) is 38.3. The topological polar surface area (TPSA) is 113 Å². The maximum Gasteiger partial charge on any atom is 0.326 e. The monoisotopic (exact) mass is 605 g/mol. The summed E-state index contributed by atoms with van der Waals surface area (Å²) < 4.78 is 69.8. The zero-order valence-electron chi connectivity index (χ0n) is 24.8. The van der Waals surface area contributed by atoms with Gasteiger partial charge in [0, 0.05) is 18.7 Å². The van der Waals surface area contributed by atoms with E-state index in [1.807, 2.05) is 20.8 Å². The third-order valence-corrected chi connectivity index (χ3v) is 6.03. The number of esters is 1. The Morgan fingerprint density at radius 3 is 2.05 bits per heavy atom. The molecule has 2 aromatic carbocycles. The van der Waals surface area contributed by atoms with Gasteiger partial charge in [0.2, 0.25) is 0 Å². The quantitative estimate of drug-likeness (QED) is 0.193. The number of hydrogen-bond donors (Lipinski definition) is 2. The smallest absolute Gasteiger partial charge is 0.326 e. The Morgan fingerprint density at radius 1 is 0.884 bits per heavy atom. The number of aromatic nitrogens is 1.